The summed E-state index contributed by atoms with van der Waals surface area (Å²) in [6.07, 6.45) is 23.1. The van der Waals surface area contributed by atoms with E-state index in [4.69, 9.17) is 4.84 Å². The fourth-order valence-electron chi connectivity index (χ4n) is 8.36. The lowest BCUT2D eigenvalue weighted by Gasteiger charge is -2.65. The van der Waals surface area contributed by atoms with Crippen molar-refractivity contribution < 1.29 is 9.94 Å². The van der Waals surface area contributed by atoms with Crippen molar-refractivity contribution in [2.45, 2.75) is 84.2 Å². The fraction of sp³-hybridized carbons (Fsp3) is 0.821. The molecule has 7 atom stereocenters. The lowest BCUT2D eigenvalue weighted by molar-refractivity contribution is -0.153. The molecular formula is C28H46N2O2. The summed E-state index contributed by atoms with van der Waals surface area (Å²) in [5, 5.41) is 14.7. The van der Waals surface area contributed by atoms with Gasteiger partial charge in [0.05, 0.1) is 12.3 Å². The van der Waals surface area contributed by atoms with Gasteiger partial charge in [-0.1, -0.05) is 43.7 Å². The average Bonchev–Trinajstić information content (AvgIpc) is 3.15. The molecule has 0 aromatic heterocycles. The first kappa shape index (κ1) is 24.0. The van der Waals surface area contributed by atoms with E-state index < -0.39 is 0 Å². The molecule has 0 radical (unpaired) electrons. The van der Waals surface area contributed by atoms with Crippen LogP contribution in [0.1, 0.15) is 78.1 Å². The number of hydrogen-bond donors (Lipinski definition) is 1. The topological polar surface area (TPSA) is 45.1 Å². The molecule has 0 aromatic rings. The zero-order valence-corrected chi connectivity index (χ0v) is 20.9. The van der Waals surface area contributed by atoms with Crippen molar-refractivity contribution in [2.24, 2.45) is 39.2 Å². The first-order valence-corrected chi connectivity index (χ1v) is 13.1. The van der Waals surface area contributed by atoms with Crippen molar-refractivity contribution in [2.75, 3.05) is 27.2 Å². The monoisotopic (exact) mass is 442 g/mol. The minimum Gasteiger partial charge on any atom is -0.394 e. The van der Waals surface area contributed by atoms with Gasteiger partial charge in [0.1, 0.15) is 6.61 Å². The fourth-order valence-corrected chi connectivity index (χ4v) is 8.36. The van der Waals surface area contributed by atoms with Crippen LogP contribution in [0.4, 0.5) is 0 Å². The highest BCUT2D eigenvalue weighted by atomic mass is 16.6. The Morgan fingerprint density at radius 3 is 2.62 bits per heavy atom. The Labute approximate surface area is 196 Å². The lowest BCUT2D eigenvalue weighted by atomic mass is 9.40. The maximum absolute atomic E-state index is 10.7. The number of aliphatic hydroxyl groups is 1. The van der Waals surface area contributed by atoms with E-state index in [9.17, 15) is 5.11 Å². The molecule has 0 spiro atoms. The Hall–Kier alpha value is -1.13. The van der Waals surface area contributed by atoms with Crippen LogP contribution >= 0.6 is 0 Å². The van der Waals surface area contributed by atoms with Crippen LogP contribution in [0.2, 0.25) is 0 Å². The zero-order valence-electron chi connectivity index (χ0n) is 20.9. The summed E-state index contributed by atoms with van der Waals surface area (Å²) >= 11 is 0. The highest BCUT2D eigenvalue weighted by Gasteiger charge is 2.62. The highest BCUT2D eigenvalue weighted by Crippen LogP contribution is 2.70. The third-order valence-electron chi connectivity index (χ3n) is 10.2. The van der Waals surface area contributed by atoms with Crippen LogP contribution in [0.5, 0.6) is 0 Å². The average molecular weight is 443 g/mol. The zero-order chi connectivity index (χ0) is 22.8. The lowest BCUT2D eigenvalue weighted by Crippen LogP contribution is -2.58. The molecular weight excluding hydrogens is 396 g/mol. The number of rotatable bonds is 7. The molecule has 0 bridgehead atoms. The van der Waals surface area contributed by atoms with E-state index in [1.165, 1.54) is 51.4 Å². The molecule has 4 saturated carbocycles. The van der Waals surface area contributed by atoms with Gasteiger partial charge in [-0.25, -0.2) is 0 Å². The van der Waals surface area contributed by atoms with E-state index in [0.717, 1.165) is 37.1 Å². The van der Waals surface area contributed by atoms with E-state index in [0.29, 0.717) is 17.4 Å². The molecule has 0 heterocycles. The van der Waals surface area contributed by atoms with E-state index in [-0.39, 0.29) is 11.5 Å². The summed E-state index contributed by atoms with van der Waals surface area (Å²) in [4.78, 5) is 7.36. The molecule has 0 aromatic carbocycles. The van der Waals surface area contributed by atoms with Crippen molar-refractivity contribution in [3.8, 4) is 0 Å². The first-order chi connectivity index (χ1) is 15.3. The molecule has 4 heteroatoms. The van der Waals surface area contributed by atoms with Crippen LogP contribution in [-0.2, 0) is 4.84 Å². The van der Waals surface area contributed by atoms with Gasteiger partial charge in [0.2, 0.25) is 0 Å². The Balaban J connectivity index is 1.46. The molecule has 4 aliphatic rings. The molecule has 0 unspecified atom stereocenters. The van der Waals surface area contributed by atoms with Gasteiger partial charge in [0, 0.05) is 6.54 Å². The molecule has 4 aliphatic carbocycles. The van der Waals surface area contributed by atoms with E-state index >= 15 is 0 Å². The number of aliphatic hydroxyl groups excluding tert-OH is 1. The predicted octanol–water partition coefficient (Wildman–Crippen LogP) is 5.83. The molecule has 0 aliphatic heterocycles. The quantitative estimate of drug-likeness (QED) is 0.234. The van der Waals surface area contributed by atoms with Crippen molar-refractivity contribution in [1.29, 1.82) is 0 Å². The summed E-state index contributed by atoms with van der Waals surface area (Å²) < 4.78 is 0. The van der Waals surface area contributed by atoms with Gasteiger partial charge < -0.3 is 14.8 Å². The maximum atomic E-state index is 10.7. The summed E-state index contributed by atoms with van der Waals surface area (Å²) in [7, 11) is 4.06. The smallest absolute Gasteiger partial charge is 0.129 e. The van der Waals surface area contributed by atoms with Crippen LogP contribution in [0.3, 0.4) is 0 Å². The van der Waals surface area contributed by atoms with Crippen LogP contribution in [0, 0.1) is 34.0 Å². The van der Waals surface area contributed by atoms with Gasteiger partial charge in [-0.3, -0.25) is 0 Å². The van der Waals surface area contributed by atoms with Gasteiger partial charge in [-0.15, -0.1) is 0 Å². The third-order valence-corrected chi connectivity index (χ3v) is 10.2. The normalized spacial score (nSPS) is 44.3. The van der Waals surface area contributed by atoms with Crippen molar-refractivity contribution >= 4 is 6.21 Å². The van der Waals surface area contributed by atoms with Gasteiger partial charge in [-0.2, -0.15) is 0 Å². The molecule has 180 valence electrons. The Morgan fingerprint density at radius 1 is 0.969 bits per heavy atom. The first-order valence-electron chi connectivity index (χ1n) is 13.1. The van der Waals surface area contributed by atoms with Gasteiger partial charge in [0.25, 0.3) is 0 Å². The molecule has 1 N–H and O–H groups in total. The third kappa shape index (κ3) is 4.46. The largest absolute Gasteiger partial charge is 0.394 e. The second kappa shape index (κ2) is 9.62. The standard InChI is InChI=1S/C28H46N2O2/c1-26-13-8-9-24(26)23-11-17-28(14-6-5-7-18-29-32-20-19-30(3)4)21-22(31)10-16-27(28,2)25(23)12-15-26/h5-7,14,18,22-25,31H,8-13,15-17,19-21H2,1-4H3/t22-,23-,24-,25-,26-,27+,28+/m0/s1. The number of fused-ring (bicyclic) bond motifs is 5. The van der Waals surface area contributed by atoms with Gasteiger partial charge >= 0.3 is 0 Å². The number of nitrogens with zero attached hydrogens (tertiary/aromatic N) is 2. The van der Waals surface area contributed by atoms with E-state index in [1.807, 2.05) is 20.2 Å². The number of likely N-dealkylation sites (N-methyl/N-ethyl adjacent to an activating group) is 1. The molecule has 0 amide bonds. The van der Waals surface area contributed by atoms with Crippen molar-refractivity contribution in [3.05, 3.63) is 24.3 Å². The summed E-state index contributed by atoms with van der Waals surface area (Å²) in [6, 6.07) is 0. The maximum Gasteiger partial charge on any atom is 0.129 e. The Kier molecular flexibility index (Phi) is 7.22. The van der Waals surface area contributed by atoms with Crippen molar-refractivity contribution in [3.63, 3.8) is 0 Å². The molecule has 4 nitrogen and oxygen atoms in total. The van der Waals surface area contributed by atoms with Crippen molar-refractivity contribution in [1.82, 2.24) is 4.90 Å². The second-order valence-electron chi connectivity index (χ2n) is 12.1. The number of hydrogen-bond acceptors (Lipinski definition) is 4. The van der Waals surface area contributed by atoms with Crippen LogP contribution in [0.25, 0.3) is 0 Å². The molecule has 32 heavy (non-hydrogen) atoms. The van der Waals surface area contributed by atoms with Crippen LogP contribution in [0.15, 0.2) is 29.5 Å². The predicted molar refractivity (Wildman–Crippen MR) is 133 cm³/mol. The van der Waals surface area contributed by atoms with Gasteiger partial charge in [-0.05, 0) is 112 Å². The second-order valence-corrected chi connectivity index (χ2v) is 12.1. The van der Waals surface area contributed by atoms with E-state index in [1.54, 1.807) is 6.21 Å². The number of allylic oxidation sites excluding steroid dienone is 4. The number of oxime groups is 1. The van der Waals surface area contributed by atoms with Gasteiger partial charge in [0.15, 0.2) is 0 Å². The minimum absolute atomic E-state index is 0.127. The van der Waals surface area contributed by atoms with Crippen LogP contribution in [-0.4, -0.2) is 49.6 Å². The SMILES string of the molecule is CN(C)CCON=CC=CC=C[C@]12CC[C@H]3[C@@H]4CCC[C@@]4(C)CC[C@@H]3[C@@]1(C)CC[C@H](O)C2. The Bertz CT molecular complexity index is 731. The Morgan fingerprint density at radius 2 is 1.81 bits per heavy atom. The highest BCUT2D eigenvalue weighted by molar-refractivity contribution is 5.70. The minimum atomic E-state index is -0.153. The molecule has 0 saturated heterocycles. The van der Waals surface area contributed by atoms with Crippen LogP contribution < -0.4 is 0 Å². The van der Waals surface area contributed by atoms with E-state index in [2.05, 4.69) is 42.1 Å². The summed E-state index contributed by atoms with van der Waals surface area (Å²) in [6.45, 7) is 6.65. The molecule has 4 fully saturated rings. The molecule has 4 rings (SSSR count). The summed E-state index contributed by atoms with van der Waals surface area (Å²) in [5.74, 6) is 2.66. The summed E-state index contributed by atoms with van der Waals surface area (Å²) in [5.41, 5.74) is 1.05.